The zero-order valence-electron chi connectivity index (χ0n) is 4.95. The Balaban J connectivity index is 2.83. The van der Waals surface area contributed by atoms with Gasteiger partial charge in [0.25, 0.3) is 0 Å². The highest BCUT2D eigenvalue weighted by atomic mass is 127. The van der Waals surface area contributed by atoms with Gasteiger partial charge in [0.15, 0.2) is 7.00 Å². The molecule has 0 bridgehead atoms. The van der Waals surface area contributed by atoms with E-state index < -0.39 is 0 Å². The molecule has 0 aliphatic carbocycles. The van der Waals surface area contributed by atoms with Crippen LogP contribution in [0.4, 0.5) is 0 Å². The predicted molar refractivity (Wildman–Crippen MR) is 49.1 cm³/mol. The van der Waals surface area contributed by atoms with E-state index in [9.17, 15) is 0 Å². The maximum atomic E-state index is 2.57. The Kier molecular flexibility index (Phi) is 6.30. The maximum absolute atomic E-state index is 2.57. The zero-order valence-corrected chi connectivity index (χ0v) is 8.00. The van der Waals surface area contributed by atoms with Crippen molar-refractivity contribution < 1.29 is 0 Å². The second-order valence-electron chi connectivity index (χ2n) is 1.50. The van der Waals surface area contributed by atoms with E-state index in [2.05, 4.69) is 35.9 Å². The van der Waals surface area contributed by atoms with Gasteiger partial charge in [-0.05, 0) is 6.16 Å². The molecule has 0 N–H and O–H groups in total. The van der Waals surface area contributed by atoms with Crippen molar-refractivity contribution in [3.8, 4) is 0 Å². The highest BCUT2D eigenvalue weighted by Gasteiger charge is 1.96. The lowest BCUT2D eigenvalue weighted by molar-refractivity contribution is 1.47. The van der Waals surface area contributed by atoms with Crippen molar-refractivity contribution >= 4 is 34.5 Å². The molecule has 0 spiro atoms. The fourth-order valence-electron chi connectivity index (χ4n) is 0.401. The fraction of sp³-hybridized carbons (Fsp3) is 1.00. The van der Waals surface area contributed by atoms with E-state index in [0.29, 0.717) is 5.44 Å². The number of hydrogen-bond acceptors (Lipinski definition) is 0. The minimum Gasteiger partial charge on any atom is -0.0806 e. The molecule has 0 aromatic heterocycles. The SMILES string of the molecule is CCBP(I)CC. The molecule has 0 aromatic rings. The number of rotatable bonds is 3. The van der Waals surface area contributed by atoms with Crippen LogP contribution in [0.1, 0.15) is 13.8 Å². The van der Waals surface area contributed by atoms with Crippen LogP contribution in [0.25, 0.3) is 0 Å². The summed E-state index contributed by atoms with van der Waals surface area (Å²) in [5.74, 6) is 0. The molecule has 0 fully saturated rings. The Bertz CT molecular complexity index is 42.7. The van der Waals surface area contributed by atoms with Gasteiger partial charge < -0.3 is 0 Å². The van der Waals surface area contributed by atoms with Crippen molar-refractivity contribution in [2.45, 2.75) is 20.2 Å². The summed E-state index contributed by atoms with van der Waals surface area (Å²) in [6.07, 6.45) is 2.76. The molecule has 1 unspecified atom stereocenters. The summed E-state index contributed by atoms with van der Waals surface area (Å²) >= 11 is 2.57. The Labute approximate surface area is 60.9 Å². The van der Waals surface area contributed by atoms with E-state index in [1.54, 1.807) is 0 Å². The highest BCUT2D eigenvalue weighted by Crippen LogP contribution is 2.42. The first-order valence-electron chi connectivity index (χ1n) is 2.72. The summed E-state index contributed by atoms with van der Waals surface area (Å²) in [6, 6.07) is 0. The van der Waals surface area contributed by atoms with Gasteiger partial charge in [0, 0.05) is 0 Å². The van der Waals surface area contributed by atoms with Gasteiger partial charge in [0.05, 0.1) is 0 Å². The average Bonchev–Trinajstić information content (AvgIpc) is 1.68. The molecule has 7 heavy (non-hydrogen) atoms. The van der Waals surface area contributed by atoms with E-state index in [-0.39, 0.29) is 0 Å². The molecule has 0 rings (SSSR count). The predicted octanol–water partition coefficient (Wildman–Crippen LogP) is 2.63. The fourth-order valence-corrected chi connectivity index (χ4v) is 2.65. The van der Waals surface area contributed by atoms with Crippen LogP contribution in [-0.2, 0) is 0 Å². The molecule has 1 atom stereocenters. The summed E-state index contributed by atoms with van der Waals surface area (Å²) in [5.41, 5.74) is 0.392. The molecule has 3 heteroatoms. The highest BCUT2D eigenvalue weighted by molar-refractivity contribution is 14.2. The molecule has 0 radical (unpaired) electrons. The maximum Gasteiger partial charge on any atom is 0.165 e. The lowest BCUT2D eigenvalue weighted by atomic mass is 10.1. The van der Waals surface area contributed by atoms with Gasteiger partial charge in [-0.15, -0.1) is 0 Å². The van der Waals surface area contributed by atoms with Crippen molar-refractivity contribution in [3.63, 3.8) is 0 Å². The van der Waals surface area contributed by atoms with Crippen LogP contribution in [0.3, 0.4) is 0 Å². The Morgan fingerprint density at radius 1 is 1.57 bits per heavy atom. The zero-order chi connectivity index (χ0) is 5.70. The summed E-state index contributed by atoms with van der Waals surface area (Å²) < 4.78 is 0. The molecule has 0 saturated carbocycles. The molecule has 0 nitrogen and oxygen atoms in total. The van der Waals surface area contributed by atoms with Gasteiger partial charge in [0.2, 0.25) is 0 Å². The molecule has 0 saturated heterocycles. The first-order valence-corrected chi connectivity index (χ1v) is 7.21. The molecular weight excluding hydrogens is 217 g/mol. The third-order valence-electron chi connectivity index (χ3n) is 0.809. The molecule has 0 aromatic carbocycles. The van der Waals surface area contributed by atoms with E-state index in [1.807, 2.05) is 0 Å². The van der Waals surface area contributed by atoms with Crippen molar-refractivity contribution in [3.05, 3.63) is 0 Å². The average molecular weight is 228 g/mol. The van der Waals surface area contributed by atoms with E-state index >= 15 is 0 Å². The van der Waals surface area contributed by atoms with Crippen LogP contribution < -0.4 is 0 Å². The summed E-state index contributed by atoms with van der Waals surface area (Å²) in [6.45, 7) is 5.98. The largest absolute Gasteiger partial charge is 0.165 e. The van der Waals surface area contributed by atoms with Crippen molar-refractivity contribution in [1.29, 1.82) is 0 Å². The van der Waals surface area contributed by atoms with Crippen molar-refractivity contribution in [2.24, 2.45) is 0 Å². The normalized spacial score (nSPS) is 13.6. The van der Waals surface area contributed by atoms with Gasteiger partial charge >= 0.3 is 0 Å². The van der Waals surface area contributed by atoms with Crippen LogP contribution in [0.15, 0.2) is 0 Å². The van der Waals surface area contributed by atoms with Crippen LogP contribution >= 0.6 is 27.5 Å². The van der Waals surface area contributed by atoms with Gasteiger partial charge in [0.1, 0.15) is 0 Å². The number of halogens is 1. The van der Waals surface area contributed by atoms with E-state index in [4.69, 9.17) is 0 Å². The van der Waals surface area contributed by atoms with Crippen LogP contribution in [0.2, 0.25) is 6.32 Å². The Hall–Kier alpha value is 1.22. The van der Waals surface area contributed by atoms with Gasteiger partial charge in [-0.2, -0.15) is 0 Å². The Morgan fingerprint density at radius 2 is 2.14 bits per heavy atom. The smallest absolute Gasteiger partial charge is 0.0806 e. The molecule has 0 aliphatic heterocycles. The molecule has 42 valence electrons. The minimum atomic E-state index is 0.392. The summed E-state index contributed by atoms with van der Waals surface area (Å²) in [5, 5.41) is 0. The molecule has 0 aliphatic rings. The minimum absolute atomic E-state index is 0.392. The van der Waals surface area contributed by atoms with Crippen molar-refractivity contribution in [1.82, 2.24) is 0 Å². The summed E-state index contributed by atoms with van der Waals surface area (Å²) in [7, 11) is 0. The van der Waals surface area contributed by atoms with E-state index in [0.717, 1.165) is 0 Å². The topological polar surface area (TPSA) is 0 Å². The molecular formula is C4H11BIP. The third-order valence-corrected chi connectivity index (χ3v) is 5.92. The molecule has 0 heterocycles. The van der Waals surface area contributed by atoms with Crippen LogP contribution in [0.5, 0.6) is 0 Å². The van der Waals surface area contributed by atoms with Gasteiger partial charge in [-0.3, -0.25) is 0 Å². The third kappa shape index (κ3) is 5.09. The van der Waals surface area contributed by atoms with Crippen LogP contribution in [-0.4, -0.2) is 13.2 Å². The first-order chi connectivity index (χ1) is 3.31. The van der Waals surface area contributed by atoms with Crippen LogP contribution in [0, 0.1) is 0 Å². The van der Waals surface area contributed by atoms with Crippen molar-refractivity contribution in [2.75, 3.05) is 6.16 Å². The quantitative estimate of drug-likeness (QED) is 0.395. The lowest BCUT2D eigenvalue weighted by Gasteiger charge is -1.99. The lowest BCUT2D eigenvalue weighted by Crippen LogP contribution is -1.79. The van der Waals surface area contributed by atoms with E-state index in [1.165, 1.54) is 19.5 Å². The standard InChI is InChI=1S/C4H11BIP/c1-3-5-7(6)4-2/h5H,3-4H2,1-2H3. The van der Waals surface area contributed by atoms with Gasteiger partial charge in [-0.25, -0.2) is 0 Å². The second-order valence-corrected chi connectivity index (χ2v) is 7.60. The Morgan fingerprint density at radius 3 is 2.29 bits per heavy atom. The number of hydrogen-bond donors (Lipinski definition) is 0. The monoisotopic (exact) mass is 228 g/mol. The van der Waals surface area contributed by atoms with Gasteiger partial charge in [-0.1, -0.05) is 47.7 Å². The first kappa shape index (κ1) is 8.22. The second kappa shape index (κ2) is 5.36. The molecule has 0 amide bonds. The summed E-state index contributed by atoms with van der Waals surface area (Å²) in [4.78, 5) is 0.